The minimum atomic E-state index is -0.759. The van der Waals surface area contributed by atoms with E-state index in [1.807, 2.05) is 70.6 Å². The Morgan fingerprint density at radius 2 is 1.95 bits per heavy atom. The van der Waals surface area contributed by atoms with Crippen LogP contribution in [0.4, 0.5) is 0 Å². The maximum atomic E-state index is 14.1. The van der Waals surface area contributed by atoms with Crippen LogP contribution in [0.3, 0.4) is 0 Å². The second-order valence-corrected chi connectivity index (χ2v) is 12.5. The third kappa shape index (κ3) is 5.63. The zero-order valence-electron chi connectivity index (χ0n) is 23.3. The van der Waals surface area contributed by atoms with Crippen molar-refractivity contribution in [3.8, 4) is 10.4 Å². The number of hydrogen-bond acceptors (Lipinski definition) is 7. The van der Waals surface area contributed by atoms with Gasteiger partial charge in [-0.3, -0.25) is 9.59 Å². The Balaban J connectivity index is 1.32. The molecule has 2 amide bonds. The summed E-state index contributed by atoms with van der Waals surface area (Å²) < 4.78 is 1.67. The molecule has 3 aromatic rings. The van der Waals surface area contributed by atoms with Gasteiger partial charge >= 0.3 is 0 Å². The highest BCUT2D eigenvalue weighted by atomic mass is 32.1. The number of thiazole rings is 1. The van der Waals surface area contributed by atoms with Crippen molar-refractivity contribution in [3.63, 3.8) is 0 Å². The average molecular weight is 551 g/mol. The van der Waals surface area contributed by atoms with Gasteiger partial charge in [0.25, 0.3) is 0 Å². The van der Waals surface area contributed by atoms with E-state index in [4.69, 9.17) is 0 Å². The summed E-state index contributed by atoms with van der Waals surface area (Å²) in [6.07, 6.45) is 4.27. The normalized spacial score (nSPS) is 21.1. The Morgan fingerprint density at radius 3 is 2.56 bits per heavy atom. The van der Waals surface area contributed by atoms with Crippen molar-refractivity contribution in [2.75, 3.05) is 6.54 Å². The lowest BCUT2D eigenvalue weighted by molar-refractivity contribution is -0.144. The lowest BCUT2D eigenvalue weighted by Crippen LogP contribution is -2.51. The molecule has 10 heteroatoms. The first kappa shape index (κ1) is 27.5. The van der Waals surface area contributed by atoms with Gasteiger partial charge in [-0.25, -0.2) is 9.67 Å². The van der Waals surface area contributed by atoms with Crippen LogP contribution in [-0.4, -0.2) is 60.5 Å². The van der Waals surface area contributed by atoms with Crippen LogP contribution in [0.5, 0.6) is 0 Å². The smallest absolute Gasteiger partial charge is 0.248 e. The first-order chi connectivity index (χ1) is 18.6. The molecule has 208 valence electrons. The topological polar surface area (TPSA) is 113 Å². The molecule has 1 aliphatic carbocycles. The molecule has 4 unspecified atom stereocenters. The van der Waals surface area contributed by atoms with Crippen molar-refractivity contribution in [1.82, 2.24) is 30.2 Å². The summed E-state index contributed by atoms with van der Waals surface area (Å²) in [6.45, 7) is 10.2. The second kappa shape index (κ2) is 10.8. The number of likely N-dealkylation sites (tertiary alicyclic amines) is 1. The number of aliphatic hydroxyl groups is 1. The Kier molecular flexibility index (Phi) is 7.61. The van der Waals surface area contributed by atoms with Gasteiger partial charge in [0.1, 0.15) is 12.1 Å². The molecular weight excluding hydrogens is 512 g/mol. The highest BCUT2D eigenvalue weighted by Crippen LogP contribution is 2.41. The van der Waals surface area contributed by atoms with Gasteiger partial charge in [-0.15, -0.1) is 16.4 Å². The monoisotopic (exact) mass is 550 g/mol. The molecule has 0 spiro atoms. The number of amides is 2. The number of rotatable bonds is 9. The molecule has 2 aliphatic rings. The summed E-state index contributed by atoms with van der Waals surface area (Å²) in [5.41, 5.74) is 5.39. The Labute approximate surface area is 233 Å². The number of benzene rings is 1. The van der Waals surface area contributed by atoms with Crippen LogP contribution in [-0.2, 0) is 9.59 Å². The van der Waals surface area contributed by atoms with Crippen molar-refractivity contribution in [3.05, 3.63) is 52.9 Å². The molecule has 1 saturated heterocycles. The molecule has 3 heterocycles. The van der Waals surface area contributed by atoms with E-state index in [1.54, 1.807) is 20.9 Å². The molecule has 1 aliphatic heterocycles. The number of β-amino-alcohol motifs (C(OH)–C–C–N with tert-alkyl or cyclic N) is 1. The van der Waals surface area contributed by atoms with Gasteiger partial charge < -0.3 is 15.3 Å². The molecule has 9 nitrogen and oxygen atoms in total. The standard InChI is InChI=1S/C29H38N6O3S/c1-6-29(4,5)26(35-15-23(32-33-35)20-9-10-20)28(38)34-14-22(36)13-24(34)27(37)31-17(2)19-7-11-21(12-8-19)25-18(3)30-16-39-25/h7-8,11-12,15-17,20,22,24,26,36H,6,9-10,13-14H2,1-5H3,(H,31,37). The molecule has 39 heavy (non-hydrogen) atoms. The van der Waals surface area contributed by atoms with E-state index in [0.29, 0.717) is 5.92 Å². The van der Waals surface area contributed by atoms with Crippen molar-refractivity contribution >= 4 is 23.2 Å². The van der Waals surface area contributed by atoms with Crippen LogP contribution in [0.1, 0.15) is 88.3 Å². The van der Waals surface area contributed by atoms with E-state index >= 15 is 0 Å². The van der Waals surface area contributed by atoms with Crippen molar-refractivity contribution in [2.45, 2.75) is 90.4 Å². The number of aryl methyl sites for hydroxylation is 1. The summed E-state index contributed by atoms with van der Waals surface area (Å²) in [6, 6.07) is 6.46. The Hall–Kier alpha value is -3.11. The van der Waals surface area contributed by atoms with E-state index < -0.39 is 23.6 Å². The summed E-state index contributed by atoms with van der Waals surface area (Å²) in [5.74, 6) is -0.0456. The zero-order valence-corrected chi connectivity index (χ0v) is 24.1. The van der Waals surface area contributed by atoms with E-state index in [1.165, 1.54) is 0 Å². The molecular formula is C29H38N6O3S. The predicted molar refractivity (Wildman–Crippen MR) is 150 cm³/mol. The third-order valence-corrected chi connectivity index (χ3v) is 9.29. The van der Waals surface area contributed by atoms with Gasteiger partial charge in [-0.05, 0) is 49.7 Å². The number of aromatic nitrogens is 4. The van der Waals surface area contributed by atoms with Crippen LogP contribution in [0.2, 0.25) is 0 Å². The molecule has 2 aromatic heterocycles. The molecule has 0 radical (unpaired) electrons. The molecule has 5 rings (SSSR count). The number of carbonyl (C=O) groups excluding carboxylic acids is 2. The fraction of sp³-hybridized carbons (Fsp3) is 0.552. The van der Waals surface area contributed by atoms with Crippen LogP contribution in [0, 0.1) is 12.3 Å². The average Bonchev–Trinajstić information content (AvgIpc) is 3.28. The molecule has 0 bridgehead atoms. The third-order valence-electron chi connectivity index (χ3n) is 8.32. The van der Waals surface area contributed by atoms with Crippen LogP contribution in [0.15, 0.2) is 36.0 Å². The summed E-state index contributed by atoms with van der Waals surface area (Å²) in [4.78, 5) is 34.6. The Bertz CT molecular complexity index is 1330. The van der Waals surface area contributed by atoms with Crippen LogP contribution < -0.4 is 5.32 Å². The molecule has 4 atom stereocenters. The first-order valence-electron chi connectivity index (χ1n) is 13.8. The highest BCUT2D eigenvalue weighted by Gasteiger charge is 2.46. The van der Waals surface area contributed by atoms with Crippen LogP contribution in [0.25, 0.3) is 10.4 Å². The van der Waals surface area contributed by atoms with Gasteiger partial charge in [0.05, 0.1) is 33.9 Å². The number of nitrogens with zero attached hydrogens (tertiary/aromatic N) is 5. The largest absolute Gasteiger partial charge is 0.391 e. The van der Waals surface area contributed by atoms with Crippen molar-refractivity contribution in [1.29, 1.82) is 0 Å². The fourth-order valence-corrected chi connectivity index (χ4v) is 6.15. The lowest BCUT2D eigenvalue weighted by Gasteiger charge is -2.36. The van der Waals surface area contributed by atoms with Gasteiger partial charge in [0, 0.05) is 25.1 Å². The van der Waals surface area contributed by atoms with E-state index in [9.17, 15) is 14.7 Å². The van der Waals surface area contributed by atoms with Crippen LogP contribution >= 0.6 is 11.3 Å². The SMILES string of the molecule is CCC(C)(C)C(C(=O)N1CC(O)CC1C(=O)NC(C)c1ccc(-c2scnc2C)cc1)n1cc(C2CC2)nn1. The van der Waals surface area contributed by atoms with Crippen molar-refractivity contribution < 1.29 is 14.7 Å². The first-order valence-corrected chi connectivity index (χ1v) is 14.7. The number of nitrogens with one attached hydrogen (secondary N) is 1. The quantitative estimate of drug-likeness (QED) is 0.408. The molecule has 2 N–H and O–H groups in total. The minimum absolute atomic E-state index is 0.120. The molecule has 1 saturated carbocycles. The Morgan fingerprint density at radius 1 is 1.23 bits per heavy atom. The zero-order chi connectivity index (χ0) is 27.9. The molecule has 1 aromatic carbocycles. The van der Waals surface area contributed by atoms with E-state index in [2.05, 4.69) is 20.6 Å². The summed E-state index contributed by atoms with van der Waals surface area (Å²) in [5, 5.41) is 22.3. The minimum Gasteiger partial charge on any atom is -0.391 e. The predicted octanol–water partition coefficient (Wildman–Crippen LogP) is 4.40. The summed E-state index contributed by atoms with van der Waals surface area (Å²) in [7, 11) is 0. The van der Waals surface area contributed by atoms with Gasteiger partial charge in [-0.2, -0.15) is 0 Å². The summed E-state index contributed by atoms with van der Waals surface area (Å²) >= 11 is 1.60. The maximum Gasteiger partial charge on any atom is 0.248 e. The van der Waals surface area contributed by atoms with E-state index in [-0.39, 0.29) is 30.8 Å². The molecule has 2 fully saturated rings. The van der Waals surface area contributed by atoms with Crippen molar-refractivity contribution in [2.24, 2.45) is 5.41 Å². The number of hydrogen-bond donors (Lipinski definition) is 2. The maximum absolute atomic E-state index is 14.1. The van der Waals surface area contributed by atoms with Gasteiger partial charge in [0.15, 0.2) is 0 Å². The van der Waals surface area contributed by atoms with Gasteiger partial charge in [0.2, 0.25) is 11.8 Å². The van der Waals surface area contributed by atoms with E-state index in [0.717, 1.165) is 46.7 Å². The number of aliphatic hydroxyl groups excluding tert-OH is 1. The lowest BCUT2D eigenvalue weighted by atomic mass is 9.81. The van der Waals surface area contributed by atoms with Gasteiger partial charge in [-0.1, -0.05) is 50.3 Å². The number of carbonyl (C=O) groups is 2. The fourth-order valence-electron chi connectivity index (χ4n) is 5.34. The second-order valence-electron chi connectivity index (χ2n) is 11.7. The highest BCUT2D eigenvalue weighted by molar-refractivity contribution is 7.13.